The molecular formula is C16H26NO2SSi-. The van der Waals surface area contributed by atoms with Crippen molar-refractivity contribution in [2.24, 2.45) is 4.40 Å². The van der Waals surface area contributed by atoms with Crippen molar-refractivity contribution in [3.05, 3.63) is 29.8 Å². The Hall–Kier alpha value is -0.943. The van der Waals surface area contributed by atoms with Crippen LogP contribution >= 0.6 is 0 Å². The normalized spacial score (nSPS) is 14.3. The fourth-order valence-corrected chi connectivity index (χ4v) is 2.95. The summed E-state index contributed by atoms with van der Waals surface area (Å²) in [4.78, 5) is 0. The van der Waals surface area contributed by atoms with Crippen LogP contribution in [0.2, 0.25) is 13.1 Å². The van der Waals surface area contributed by atoms with Crippen LogP contribution in [0.25, 0.3) is 0 Å². The molecule has 1 aromatic rings. The van der Waals surface area contributed by atoms with Crippen molar-refractivity contribution in [2.45, 2.75) is 58.4 Å². The molecule has 0 spiro atoms. The number of benzene rings is 1. The van der Waals surface area contributed by atoms with Crippen molar-refractivity contribution in [2.75, 3.05) is 0 Å². The first-order chi connectivity index (χ1) is 9.74. The molecule has 0 aliphatic carbocycles. The van der Waals surface area contributed by atoms with Crippen LogP contribution in [0.1, 0.15) is 46.1 Å². The molecule has 0 amide bonds. The van der Waals surface area contributed by atoms with Crippen LogP contribution in [0.3, 0.4) is 0 Å². The minimum absolute atomic E-state index is 0.330. The average molecular weight is 325 g/mol. The maximum atomic E-state index is 12.2. The summed E-state index contributed by atoms with van der Waals surface area (Å²) in [5.74, 6) is 0.894. The molecule has 3 nitrogen and oxygen atoms in total. The Kier molecular flexibility index (Phi) is 6.81. The van der Waals surface area contributed by atoms with Gasteiger partial charge in [-0.1, -0.05) is 22.4 Å². The highest BCUT2D eigenvalue weighted by Crippen LogP contribution is 2.18. The standard InChI is InChI=1S/C16H26NO2SSi/c1-7-8-15(17-20(18)16(2,3)4)13-9-11-14(12-10-13)19-21(5)6/h9-12H,7-8H2,1-6H3/q-1/b17-15+. The van der Waals surface area contributed by atoms with Gasteiger partial charge in [-0.15, -0.1) is 0 Å². The molecule has 0 N–H and O–H groups in total. The van der Waals surface area contributed by atoms with Gasteiger partial charge in [-0.05, 0) is 57.0 Å². The lowest BCUT2D eigenvalue weighted by Crippen LogP contribution is -2.21. The summed E-state index contributed by atoms with van der Waals surface area (Å²) in [6.45, 7) is 12.2. The molecule has 1 atom stereocenters. The smallest absolute Gasteiger partial charge is 0.145 e. The van der Waals surface area contributed by atoms with Gasteiger partial charge in [0, 0.05) is 0 Å². The minimum Gasteiger partial charge on any atom is -0.709 e. The zero-order chi connectivity index (χ0) is 16.0. The maximum absolute atomic E-state index is 12.2. The first-order valence-electron chi connectivity index (χ1n) is 7.32. The topological polar surface area (TPSA) is 38.7 Å². The van der Waals surface area contributed by atoms with Crippen molar-refractivity contribution in [1.29, 1.82) is 0 Å². The largest absolute Gasteiger partial charge is 0.709 e. The molecule has 0 radical (unpaired) electrons. The molecule has 21 heavy (non-hydrogen) atoms. The second-order valence-corrected chi connectivity index (χ2v) is 10.1. The van der Waals surface area contributed by atoms with Gasteiger partial charge < -0.3 is 4.43 Å². The fourth-order valence-electron chi connectivity index (χ4n) is 1.67. The number of hydrogen-bond acceptors (Lipinski definition) is 2. The van der Waals surface area contributed by atoms with Crippen molar-refractivity contribution in [1.82, 2.24) is 0 Å². The van der Waals surface area contributed by atoms with Crippen LogP contribution in [0.5, 0.6) is 5.75 Å². The Morgan fingerprint density at radius 1 is 1.24 bits per heavy atom. The van der Waals surface area contributed by atoms with Crippen LogP contribution < -0.4 is 4.43 Å². The Morgan fingerprint density at radius 2 is 1.81 bits per heavy atom. The van der Waals surface area contributed by atoms with E-state index in [4.69, 9.17) is 4.43 Å². The van der Waals surface area contributed by atoms with E-state index in [0.29, 0.717) is 0 Å². The summed E-state index contributed by atoms with van der Waals surface area (Å²) in [5.41, 5.74) is 1.94. The molecule has 0 aromatic heterocycles. The van der Waals surface area contributed by atoms with E-state index in [9.17, 15) is 4.21 Å². The predicted octanol–water partition coefficient (Wildman–Crippen LogP) is 4.37. The van der Waals surface area contributed by atoms with E-state index < -0.39 is 20.0 Å². The summed E-state index contributed by atoms with van der Waals surface area (Å²) in [6, 6.07) is 7.96. The van der Waals surface area contributed by atoms with E-state index in [1.54, 1.807) is 0 Å². The zero-order valence-corrected chi connectivity index (χ0v) is 15.7. The highest BCUT2D eigenvalue weighted by molar-refractivity contribution is 7.85. The summed E-state index contributed by atoms with van der Waals surface area (Å²) in [7, 11) is -1.97. The third-order valence-corrected chi connectivity index (χ3v) is 4.79. The van der Waals surface area contributed by atoms with Crippen molar-refractivity contribution in [3.63, 3.8) is 0 Å². The second kappa shape index (κ2) is 7.89. The van der Waals surface area contributed by atoms with E-state index in [1.165, 1.54) is 0 Å². The van der Waals surface area contributed by atoms with E-state index in [1.807, 2.05) is 45.0 Å². The third-order valence-electron chi connectivity index (χ3n) is 2.71. The number of rotatable bonds is 6. The average Bonchev–Trinajstić information content (AvgIpc) is 2.37. The minimum atomic E-state index is -1.22. The molecule has 0 heterocycles. The Morgan fingerprint density at radius 3 is 2.24 bits per heavy atom. The summed E-state index contributed by atoms with van der Waals surface area (Å²) < 4.78 is 22.1. The Labute approximate surface area is 133 Å². The van der Waals surface area contributed by atoms with Gasteiger partial charge in [0.25, 0.3) is 0 Å². The van der Waals surface area contributed by atoms with Crippen molar-refractivity contribution in [3.8, 4) is 5.75 Å². The predicted molar refractivity (Wildman–Crippen MR) is 93.9 cm³/mol. The molecule has 0 saturated heterocycles. The van der Waals surface area contributed by atoms with E-state index in [0.717, 1.165) is 29.9 Å². The lowest BCUT2D eigenvalue weighted by atomic mass is 10.1. The second-order valence-electron chi connectivity index (χ2n) is 6.18. The number of nitrogens with zero attached hydrogens (tertiary/aromatic N) is 1. The quantitative estimate of drug-likeness (QED) is 0.576. The summed E-state index contributed by atoms with van der Waals surface area (Å²) >= 11 is 0. The molecule has 0 saturated carbocycles. The van der Waals surface area contributed by atoms with Crippen LogP contribution in [0.4, 0.5) is 0 Å². The zero-order valence-electron chi connectivity index (χ0n) is 13.9. The molecule has 0 fully saturated rings. The highest BCUT2D eigenvalue weighted by atomic mass is 32.2. The molecule has 118 valence electrons. The molecule has 5 heteroatoms. The molecule has 0 bridgehead atoms. The van der Waals surface area contributed by atoms with Crippen LogP contribution in [-0.4, -0.2) is 23.7 Å². The monoisotopic (exact) mass is 324 g/mol. The lowest BCUT2D eigenvalue weighted by Gasteiger charge is -2.22. The van der Waals surface area contributed by atoms with Gasteiger partial charge in [-0.25, -0.2) is 4.21 Å². The van der Waals surface area contributed by atoms with E-state index >= 15 is 0 Å². The SMILES string of the molecule is CCC/C(=N\S(=O)C(C)(C)C)c1ccc(O[Si-](C)C)cc1. The van der Waals surface area contributed by atoms with Gasteiger partial charge >= 0.3 is 0 Å². The lowest BCUT2D eigenvalue weighted by molar-refractivity contribution is 0.581. The molecule has 0 aliphatic heterocycles. The van der Waals surface area contributed by atoms with Crippen molar-refractivity contribution >= 4 is 25.7 Å². The third kappa shape index (κ3) is 6.14. The van der Waals surface area contributed by atoms with E-state index in [2.05, 4.69) is 24.4 Å². The van der Waals surface area contributed by atoms with Crippen LogP contribution in [0, 0.1) is 0 Å². The first-order valence-corrected chi connectivity index (χ1v) is 10.8. The van der Waals surface area contributed by atoms with Gasteiger partial charge in [0.15, 0.2) is 0 Å². The van der Waals surface area contributed by atoms with E-state index in [-0.39, 0.29) is 4.75 Å². The van der Waals surface area contributed by atoms with Crippen LogP contribution in [-0.2, 0) is 11.0 Å². The van der Waals surface area contributed by atoms with Crippen molar-refractivity contribution < 1.29 is 8.63 Å². The van der Waals surface area contributed by atoms with Gasteiger partial charge in [0.1, 0.15) is 11.0 Å². The molecule has 1 rings (SSSR count). The Balaban J connectivity index is 3.01. The summed E-state index contributed by atoms with van der Waals surface area (Å²) in [6.07, 6.45) is 1.81. The highest BCUT2D eigenvalue weighted by Gasteiger charge is 2.20. The molecular weight excluding hydrogens is 298 g/mol. The molecule has 0 aliphatic rings. The molecule has 1 aromatic carbocycles. The van der Waals surface area contributed by atoms with Gasteiger partial charge in [-0.2, -0.15) is 17.5 Å². The Bertz CT molecular complexity index is 504. The fraction of sp³-hybridized carbons (Fsp3) is 0.562. The maximum Gasteiger partial charge on any atom is 0.145 e. The first kappa shape index (κ1) is 18.1. The molecule has 1 unspecified atom stereocenters. The van der Waals surface area contributed by atoms with Gasteiger partial charge in [0.2, 0.25) is 0 Å². The van der Waals surface area contributed by atoms with Gasteiger partial charge in [-0.3, -0.25) is 0 Å². The van der Waals surface area contributed by atoms with Crippen LogP contribution in [0.15, 0.2) is 28.7 Å². The number of hydrogen-bond donors (Lipinski definition) is 0. The summed E-state index contributed by atoms with van der Waals surface area (Å²) in [5, 5.41) is 0. The van der Waals surface area contributed by atoms with Gasteiger partial charge in [0.05, 0.1) is 16.2 Å².